The van der Waals surface area contributed by atoms with Crippen LogP contribution in [0.2, 0.25) is 0 Å². The molecule has 0 spiro atoms. The van der Waals surface area contributed by atoms with Crippen molar-refractivity contribution in [2.24, 2.45) is 28.2 Å². The number of aromatic nitrogens is 16. The first-order chi connectivity index (χ1) is 71.1. The van der Waals surface area contributed by atoms with Gasteiger partial charge in [0.25, 0.3) is 0 Å². The summed E-state index contributed by atoms with van der Waals surface area (Å²) in [5.74, 6) is 5.75. The molecule has 2 aliphatic heterocycles. The zero-order valence-corrected chi connectivity index (χ0v) is 91.0. The van der Waals surface area contributed by atoms with Gasteiger partial charge in [0.05, 0.1) is 17.7 Å². The SMILES string of the molecule is CN1C=CN(c2[c-]c(Oc3[c-]c(-n4cc(-c5cccnc5)cn4)ccc3)ccc2)[CH-]1.CN1C=CN(c2[c-]c(Oc3[c-]c(-n4cccn4)ccc3)ccc2)[CH-]1.Cc1cc(C)n(-c2[c-]c(Oc3[c-]c(-n4cccn4)ccc3)ccc2)n1.Cn1c2ccccc2c2ccccc21.Cn1c2ccccc2c2ccccc21.Cn1c2ccccc2c2ccccc21.Cn1ccnc1-c1[c-]c(Oc2[c-]c(-n3cccn3)ccc2)ccc1.[Pt+2].[Pt+2].[Pt].[Pt]. The van der Waals surface area contributed by atoms with Gasteiger partial charge in [-0.05, 0) is 148 Å². The number of hydrogen-bond acceptors (Lipinski definition) is 15. The van der Waals surface area contributed by atoms with Crippen LogP contribution in [0.15, 0.2) is 427 Å². The van der Waals surface area contributed by atoms with Crippen molar-refractivity contribution in [3.63, 3.8) is 0 Å². The van der Waals surface area contributed by atoms with Crippen LogP contribution in [0.5, 0.6) is 46.0 Å². The fourth-order valence-electron chi connectivity index (χ4n) is 16.9. The maximum absolute atomic E-state index is 6.02. The molecule has 24 aromatic rings. The molecule has 0 atom stereocenters. The summed E-state index contributed by atoms with van der Waals surface area (Å²) in [6.45, 7) is 7.93. The molecule has 28 heteroatoms. The number of benzene rings is 14. The van der Waals surface area contributed by atoms with Crippen LogP contribution in [0.25, 0.3) is 116 Å². The van der Waals surface area contributed by atoms with Gasteiger partial charge in [-0.1, -0.05) is 121 Å². The van der Waals surface area contributed by atoms with Crippen molar-refractivity contribution in [1.29, 1.82) is 0 Å². The largest absolute Gasteiger partial charge is 2.00 e. The summed E-state index contributed by atoms with van der Waals surface area (Å²) in [5.41, 5.74) is 18.6. The Morgan fingerprint density at radius 2 is 0.611 bits per heavy atom. The van der Waals surface area contributed by atoms with Gasteiger partial charge in [-0.3, -0.25) is 33.4 Å². The van der Waals surface area contributed by atoms with E-state index in [1.807, 2.05) is 327 Å². The van der Waals surface area contributed by atoms with E-state index < -0.39 is 0 Å². The standard InChI is InChI=1S/C24H18N5O.C20H16N4O.C19H14N4O.C19H15N4O.3C13H11N.4Pt/c1-27-11-12-28(18-27)21-6-2-8-23(13-21)30-24-9-3-7-22(14-24)29-17-20(16-26-29)19-5-4-10-25-15-19;1-15-12-16(2)24(22-15)18-7-4-9-20(14-18)25-19-8-3-6-17(13-19)23-11-5-10-21-23;1-22-12-10-20-19(22)15-5-2-7-17(13-15)24-18-8-3-6-16(14-18)23-11-4-9-21-23;1-21-11-12-22(15-21)16-5-2-7-18(13-16)24-19-8-3-6-17(14-19)23-10-4-9-20-23;3*1-14-12-8-4-2-6-10(12)11-7-3-5-9-13(11)14;;;;/h2-12,15-18H,1H3;3-12H,1-2H3;2-12H,1H3;2-12,15H,1H3;3*2-9H,1H3;;;;/q-3;2*-2;-3;;;;;;2*+2. The van der Waals surface area contributed by atoms with Crippen LogP contribution in [-0.2, 0) is 112 Å². The van der Waals surface area contributed by atoms with E-state index in [1.54, 1.807) is 49.7 Å². The molecule has 2 aliphatic rings. The minimum absolute atomic E-state index is 0. The molecule has 0 bridgehead atoms. The van der Waals surface area contributed by atoms with Crippen molar-refractivity contribution >= 4 is 76.8 Å². The first-order valence-electron chi connectivity index (χ1n) is 46.8. The second-order valence-electron chi connectivity index (χ2n) is 33.9. The Kier molecular flexibility index (Phi) is 35.1. The molecule has 0 radical (unpaired) electrons. The smallest absolute Gasteiger partial charge is 0.510 e. The van der Waals surface area contributed by atoms with Gasteiger partial charge in [0.1, 0.15) is 0 Å². The Labute approximate surface area is 921 Å². The number of ether oxygens (including phenoxy) is 4. The minimum atomic E-state index is 0. The molecule has 12 heterocycles. The van der Waals surface area contributed by atoms with Crippen molar-refractivity contribution in [2.45, 2.75) is 13.8 Å². The van der Waals surface area contributed by atoms with E-state index in [4.69, 9.17) is 18.9 Å². The van der Waals surface area contributed by atoms with Gasteiger partial charge < -0.3 is 56.8 Å². The first-order valence-corrected chi connectivity index (χ1v) is 46.8. The molecule has 26 rings (SSSR count). The predicted molar refractivity (Wildman–Crippen MR) is 572 cm³/mol. The molecule has 0 N–H and O–H groups in total. The third-order valence-electron chi connectivity index (χ3n) is 23.9. The number of anilines is 2. The second-order valence-corrected chi connectivity index (χ2v) is 33.9. The van der Waals surface area contributed by atoms with E-state index in [9.17, 15) is 0 Å². The summed E-state index contributed by atoms with van der Waals surface area (Å²) in [6, 6.07) is 134. The Morgan fingerprint density at radius 3 is 0.926 bits per heavy atom. The molecule has 24 nitrogen and oxygen atoms in total. The van der Waals surface area contributed by atoms with Crippen LogP contribution >= 0.6 is 0 Å². The van der Waals surface area contributed by atoms with Crippen LogP contribution in [-0.4, -0.2) is 101 Å². The Hall–Kier alpha value is -16.5. The molecule has 0 saturated carbocycles. The summed E-state index contributed by atoms with van der Waals surface area (Å²) in [7, 11) is 12.3. The monoisotopic (exact) mass is 2670 g/mol. The van der Waals surface area contributed by atoms with Crippen LogP contribution in [0.1, 0.15) is 11.4 Å². The fraction of sp³-hybridized carbons (Fsp3) is 0.0661. The topological polar surface area (TPSA) is 184 Å². The van der Waals surface area contributed by atoms with E-state index in [2.05, 4.69) is 264 Å². The molecule has 0 saturated heterocycles. The molecule has 0 aliphatic carbocycles. The number of fused-ring (bicyclic) bond motifs is 9. The van der Waals surface area contributed by atoms with Gasteiger partial charge in [-0.15, -0.1) is 163 Å². The zero-order valence-electron chi connectivity index (χ0n) is 81.9. The fourth-order valence-corrected chi connectivity index (χ4v) is 16.9. The number of pyridine rings is 1. The molecule has 10 aromatic heterocycles. The van der Waals surface area contributed by atoms with Crippen molar-refractivity contribution in [3.8, 4) is 96.9 Å². The molecular weight excluding hydrogens is 2580 g/mol. The number of hydrogen-bond donors (Lipinski definition) is 0. The Bertz CT molecular complexity index is 8180. The maximum atomic E-state index is 6.02. The molecule has 0 fully saturated rings. The molecule has 149 heavy (non-hydrogen) atoms. The Morgan fingerprint density at radius 1 is 0.282 bits per heavy atom. The third-order valence-corrected chi connectivity index (χ3v) is 23.9. The van der Waals surface area contributed by atoms with Crippen LogP contribution in [0.4, 0.5) is 11.4 Å². The normalized spacial score (nSPS) is 11.5. The van der Waals surface area contributed by atoms with Crippen LogP contribution in [0.3, 0.4) is 0 Å². The van der Waals surface area contributed by atoms with Gasteiger partial charge >= 0.3 is 42.1 Å². The first kappa shape index (κ1) is 105. The van der Waals surface area contributed by atoms with Crippen LogP contribution in [0, 0.1) is 75.7 Å². The summed E-state index contributed by atoms with van der Waals surface area (Å²) >= 11 is 0. The van der Waals surface area contributed by atoms with Gasteiger partial charge in [0.2, 0.25) is 0 Å². The summed E-state index contributed by atoms with van der Waals surface area (Å²) in [5, 5.41) is 29.6. The number of imidazole rings is 1. The van der Waals surface area contributed by atoms with E-state index in [-0.39, 0.29) is 84.3 Å². The van der Waals surface area contributed by atoms with Gasteiger partial charge in [0, 0.05) is 267 Å². The zero-order chi connectivity index (χ0) is 98.9. The maximum Gasteiger partial charge on any atom is 2.00 e. The van der Waals surface area contributed by atoms with Crippen molar-refractivity contribution in [3.05, 3.63) is 500 Å². The molecule has 0 amide bonds. The van der Waals surface area contributed by atoms with Crippen molar-refractivity contribution in [2.75, 3.05) is 23.9 Å². The average molecular weight is 2670 g/mol. The van der Waals surface area contributed by atoms with Gasteiger partial charge in [0.15, 0.2) is 0 Å². The van der Waals surface area contributed by atoms with Crippen molar-refractivity contribution in [1.82, 2.24) is 86.9 Å². The molecule has 0 unspecified atom stereocenters. The Balaban J connectivity index is 0.000000125. The number of aryl methyl sites for hydroxylation is 6. The third kappa shape index (κ3) is 25.3. The summed E-state index contributed by atoms with van der Waals surface area (Å²) in [6.07, 6.45) is 29.7. The van der Waals surface area contributed by atoms with E-state index in [0.29, 0.717) is 46.0 Å². The van der Waals surface area contributed by atoms with E-state index in [0.717, 1.165) is 73.7 Å². The molecule has 14 aromatic carbocycles. The molecule has 750 valence electrons. The predicted octanol–water partition coefficient (Wildman–Crippen LogP) is 26.0. The van der Waals surface area contributed by atoms with E-state index in [1.165, 1.54) is 65.4 Å². The minimum Gasteiger partial charge on any atom is -0.510 e. The summed E-state index contributed by atoms with van der Waals surface area (Å²) in [4.78, 5) is 16.4. The number of rotatable bonds is 17. The number of para-hydroxylation sites is 6. The molecular formula is C121H96N20O4Pt4-6. The average Bonchev–Trinajstić information content (AvgIpc) is 1.63. The van der Waals surface area contributed by atoms with Crippen molar-refractivity contribution < 1.29 is 103 Å². The van der Waals surface area contributed by atoms with Crippen LogP contribution < -0.4 is 28.7 Å². The number of nitrogens with zero attached hydrogens (tertiary/aromatic N) is 20. The van der Waals surface area contributed by atoms with E-state index >= 15 is 0 Å². The summed E-state index contributed by atoms with van der Waals surface area (Å²) < 4.78 is 41.3. The van der Waals surface area contributed by atoms with Gasteiger partial charge in [-0.25, -0.2) is 0 Å². The van der Waals surface area contributed by atoms with Gasteiger partial charge in [-0.2, -0.15) is 81.3 Å². The second kappa shape index (κ2) is 49.6. The quantitative estimate of drug-likeness (QED) is 0.0784.